The molecule has 162 valence electrons. The molecule has 0 saturated heterocycles. The summed E-state index contributed by atoms with van der Waals surface area (Å²) in [5.41, 5.74) is 0. The molecule has 3 N–H and O–H groups in total. The monoisotopic (exact) mass is 407 g/mol. The zero-order valence-electron chi connectivity index (χ0n) is 17.5. The van der Waals surface area contributed by atoms with Crippen LogP contribution in [-0.2, 0) is 22.2 Å². The van der Waals surface area contributed by atoms with Crippen LogP contribution in [-0.4, -0.2) is 65.5 Å². The number of nitrogens with zero attached hydrogens (tertiary/aromatic N) is 1. The fourth-order valence-corrected chi connectivity index (χ4v) is 2.64. The number of aliphatic carboxylic acids is 1. The van der Waals surface area contributed by atoms with E-state index in [1.165, 1.54) is 44.9 Å². The Morgan fingerprint density at radius 1 is 0.926 bits per heavy atom. The highest BCUT2D eigenvalue weighted by Crippen LogP contribution is 2.10. The predicted octanol–water partition coefficient (Wildman–Crippen LogP) is 2.42. The van der Waals surface area contributed by atoms with E-state index < -0.39 is 5.97 Å². The van der Waals surface area contributed by atoms with Gasteiger partial charge in [0, 0.05) is 26.1 Å². The van der Waals surface area contributed by atoms with Gasteiger partial charge in [0.15, 0.2) is 0 Å². The van der Waals surface area contributed by atoms with Crippen LogP contribution in [0, 0.1) is 0 Å². The van der Waals surface area contributed by atoms with E-state index in [9.17, 15) is 9.59 Å². The molecule has 7 heteroatoms. The minimum Gasteiger partial charge on any atom is -0.480 e. The highest BCUT2D eigenvalue weighted by molar-refractivity contribution is 7.58. The number of hydrogen-bond donors (Lipinski definition) is 3. The smallest absolute Gasteiger partial charge is 0.317 e. The van der Waals surface area contributed by atoms with Crippen LogP contribution in [0.1, 0.15) is 78.1 Å². The molecule has 0 unspecified atom stereocenters. The number of hydrogen-bond acceptors (Lipinski definition) is 4. The van der Waals surface area contributed by atoms with Crippen molar-refractivity contribution in [1.29, 1.82) is 0 Å². The lowest BCUT2D eigenvalue weighted by Crippen LogP contribution is -2.39. The molecule has 0 rings (SSSR count). The Morgan fingerprint density at radius 3 is 1.93 bits per heavy atom. The summed E-state index contributed by atoms with van der Waals surface area (Å²) in [5.74, 6) is 0.154. The van der Waals surface area contributed by atoms with Crippen LogP contribution in [0.3, 0.4) is 0 Å². The van der Waals surface area contributed by atoms with E-state index in [0.29, 0.717) is 26.1 Å². The second-order valence-electron chi connectivity index (χ2n) is 6.68. The predicted molar refractivity (Wildman–Crippen MR) is 117 cm³/mol. The zero-order chi connectivity index (χ0) is 20.8. The molecule has 0 bridgehead atoms. The Bertz CT molecular complexity index is 344. The molecule has 0 fully saturated rings. The van der Waals surface area contributed by atoms with Crippen molar-refractivity contribution in [2.45, 2.75) is 78.1 Å². The van der Waals surface area contributed by atoms with Crippen molar-refractivity contribution >= 4 is 24.5 Å². The number of amides is 1. The number of nitrogens with one attached hydrogen (secondary N) is 1. The Kier molecular flexibility index (Phi) is 24.5. The third-order valence-electron chi connectivity index (χ3n) is 4.03. The van der Waals surface area contributed by atoms with Gasteiger partial charge in [0.25, 0.3) is 0 Å². The van der Waals surface area contributed by atoms with Gasteiger partial charge in [-0.3, -0.25) is 14.5 Å². The SMILES string of the molecule is CCCCCCCCCCCC(=O)NCCN(CCO)CC(=O)O.CC[SH2+]. The summed E-state index contributed by atoms with van der Waals surface area (Å²) in [7, 11) is 0. The molecule has 0 aromatic rings. The topological polar surface area (TPSA) is 89.9 Å². The molecule has 0 atom stereocenters. The molecular formula is C20H43N2O4S+. The van der Waals surface area contributed by atoms with E-state index in [-0.39, 0.29) is 19.1 Å². The molecule has 0 heterocycles. The third kappa shape index (κ3) is 25.2. The quantitative estimate of drug-likeness (QED) is 0.254. The van der Waals surface area contributed by atoms with Crippen LogP contribution < -0.4 is 5.32 Å². The first-order chi connectivity index (χ1) is 13.0. The molecule has 1 amide bonds. The van der Waals surface area contributed by atoms with Crippen molar-refractivity contribution in [2.24, 2.45) is 0 Å². The summed E-state index contributed by atoms with van der Waals surface area (Å²) in [4.78, 5) is 24.0. The van der Waals surface area contributed by atoms with Crippen molar-refractivity contribution in [3.05, 3.63) is 0 Å². The number of aliphatic hydroxyl groups excluding tert-OH is 1. The number of carboxylic acid groups (broad SMARTS) is 1. The third-order valence-corrected chi connectivity index (χ3v) is 4.03. The van der Waals surface area contributed by atoms with Gasteiger partial charge in [-0.2, -0.15) is 0 Å². The maximum absolute atomic E-state index is 11.7. The number of aliphatic hydroxyl groups is 1. The largest absolute Gasteiger partial charge is 0.480 e. The molecular weight excluding hydrogens is 364 g/mol. The van der Waals surface area contributed by atoms with Crippen LogP contribution in [0.2, 0.25) is 0 Å². The van der Waals surface area contributed by atoms with Gasteiger partial charge in [-0.25, -0.2) is 0 Å². The van der Waals surface area contributed by atoms with Crippen LogP contribution >= 0.6 is 0 Å². The Labute approximate surface area is 171 Å². The first-order valence-electron chi connectivity index (χ1n) is 10.5. The highest BCUT2D eigenvalue weighted by Gasteiger charge is 2.09. The van der Waals surface area contributed by atoms with Gasteiger partial charge in [0.05, 0.1) is 13.2 Å². The molecule has 27 heavy (non-hydrogen) atoms. The number of unbranched alkanes of at least 4 members (excludes halogenated alkanes) is 8. The zero-order valence-corrected chi connectivity index (χ0v) is 18.5. The first-order valence-corrected chi connectivity index (χ1v) is 11.2. The summed E-state index contributed by atoms with van der Waals surface area (Å²) in [6.45, 7) is 5.23. The minimum absolute atomic E-state index is 0.0252. The summed E-state index contributed by atoms with van der Waals surface area (Å²) < 4.78 is 0. The average molecular weight is 408 g/mol. The second-order valence-corrected chi connectivity index (χ2v) is 7.38. The number of rotatable bonds is 17. The van der Waals surface area contributed by atoms with Gasteiger partial charge in [-0.15, -0.1) is 0 Å². The summed E-state index contributed by atoms with van der Waals surface area (Å²) >= 11 is 3.18. The lowest BCUT2D eigenvalue weighted by molar-refractivity contribution is -0.138. The Morgan fingerprint density at radius 2 is 1.44 bits per heavy atom. The molecule has 6 nitrogen and oxygen atoms in total. The lowest BCUT2D eigenvalue weighted by atomic mass is 10.1. The van der Waals surface area contributed by atoms with Crippen molar-refractivity contribution in [2.75, 3.05) is 38.5 Å². The van der Waals surface area contributed by atoms with Gasteiger partial charge < -0.3 is 15.5 Å². The van der Waals surface area contributed by atoms with E-state index in [2.05, 4.69) is 24.9 Å². The molecule has 0 spiro atoms. The molecule has 0 aliphatic rings. The molecule has 0 aromatic carbocycles. The van der Waals surface area contributed by atoms with Crippen LogP contribution in [0.5, 0.6) is 0 Å². The number of carbonyl (C=O) groups excluding carboxylic acids is 1. The molecule has 0 saturated carbocycles. The van der Waals surface area contributed by atoms with Crippen molar-refractivity contribution in [1.82, 2.24) is 10.2 Å². The molecule has 0 aromatic heterocycles. The molecule has 0 aliphatic heterocycles. The maximum Gasteiger partial charge on any atom is 0.317 e. The van der Waals surface area contributed by atoms with E-state index in [1.807, 2.05) is 6.92 Å². The van der Waals surface area contributed by atoms with Crippen LogP contribution in [0.4, 0.5) is 0 Å². The van der Waals surface area contributed by atoms with Gasteiger partial charge in [0.2, 0.25) is 5.91 Å². The number of carboxylic acids is 1. The average Bonchev–Trinajstić information content (AvgIpc) is 2.60. The van der Waals surface area contributed by atoms with Gasteiger partial charge in [-0.1, -0.05) is 58.3 Å². The summed E-state index contributed by atoms with van der Waals surface area (Å²) in [6, 6.07) is 0. The highest BCUT2D eigenvalue weighted by atomic mass is 32.1. The van der Waals surface area contributed by atoms with Crippen LogP contribution in [0.15, 0.2) is 0 Å². The van der Waals surface area contributed by atoms with E-state index in [4.69, 9.17) is 10.2 Å². The van der Waals surface area contributed by atoms with Crippen molar-refractivity contribution in [3.8, 4) is 0 Å². The second kappa shape index (κ2) is 23.2. The van der Waals surface area contributed by atoms with Crippen molar-refractivity contribution < 1.29 is 19.8 Å². The Balaban J connectivity index is 0. The van der Waals surface area contributed by atoms with E-state index >= 15 is 0 Å². The van der Waals surface area contributed by atoms with Gasteiger partial charge in [-0.05, 0) is 26.0 Å². The summed E-state index contributed by atoms with van der Waals surface area (Å²) in [5, 5.41) is 20.5. The van der Waals surface area contributed by atoms with Gasteiger partial charge in [0.1, 0.15) is 5.75 Å². The van der Waals surface area contributed by atoms with Gasteiger partial charge >= 0.3 is 5.97 Å². The normalized spacial score (nSPS) is 10.4. The van der Waals surface area contributed by atoms with Crippen molar-refractivity contribution in [3.63, 3.8) is 0 Å². The summed E-state index contributed by atoms with van der Waals surface area (Å²) in [6.07, 6.45) is 11.6. The fraction of sp³-hybridized carbons (Fsp3) is 0.900. The van der Waals surface area contributed by atoms with E-state index in [1.54, 1.807) is 4.90 Å². The maximum atomic E-state index is 11.7. The fourth-order valence-electron chi connectivity index (χ4n) is 2.64. The first kappa shape index (κ1) is 28.4. The Hall–Kier alpha value is -0.790. The minimum atomic E-state index is -0.926. The van der Waals surface area contributed by atoms with E-state index in [0.717, 1.165) is 18.6 Å². The number of carbonyl (C=O) groups is 2. The van der Waals surface area contributed by atoms with Crippen LogP contribution in [0.25, 0.3) is 0 Å². The standard InChI is InChI=1S/C18H36N2O4.C2H6S/c1-2-3-4-5-6-7-8-9-10-11-17(22)19-12-13-20(14-15-21)16-18(23)24;1-2-3/h21H,2-16H2,1H3,(H,19,22)(H,23,24);3H,2H2,1H3/p+1. The lowest BCUT2D eigenvalue weighted by Gasteiger charge is -2.19. The molecule has 0 aliphatic carbocycles. The molecule has 0 radical (unpaired) electrons.